The first-order chi connectivity index (χ1) is 20.4. The van der Waals surface area contributed by atoms with E-state index in [0.29, 0.717) is 37.7 Å². The quantitative estimate of drug-likeness (QED) is 0.138. The second-order valence-corrected chi connectivity index (χ2v) is 12.1. The minimum atomic E-state index is -0.789. The van der Waals surface area contributed by atoms with Gasteiger partial charge < -0.3 is 14.2 Å². The number of terminal acetylenes is 1. The Kier molecular flexibility index (Phi) is 9.30. The van der Waals surface area contributed by atoms with Crippen molar-refractivity contribution in [3.8, 4) is 23.8 Å². The second kappa shape index (κ2) is 13.1. The number of hydrogen-bond donors (Lipinski definition) is 0. The van der Waals surface area contributed by atoms with Crippen LogP contribution in [0.1, 0.15) is 29.7 Å². The van der Waals surface area contributed by atoms with E-state index in [9.17, 15) is 9.59 Å². The standard InChI is InChI=1S/C32H24BrIN2O5S/c1-4-15-41-29-21(16-22(33)18-24(29)34)17-25-30(37)36-28(20-11-13-23(39-3)14-12-20)26(31(38)40-5-2)27(35-32(36)42-25)19-9-7-6-8-10-19/h1,6-14,16-18,28H,5,15H2,2-3H3/b25-17-/t28-/m0/s1. The molecule has 1 aliphatic heterocycles. The highest BCUT2D eigenvalue weighted by Gasteiger charge is 2.35. The SMILES string of the molecule is C#CCOc1c(I)cc(Br)cc1/C=c1\sc2n(c1=O)[C@@H](c1ccc(OC)cc1)C(C(=O)OCC)=C(c1ccccc1)N=2. The van der Waals surface area contributed by atoms with E-state index in [1.54, 1.807) is 36.8 Å². The normalized spacial score (nSPS) is 14.5. The molecule has 2 heterocycles. The van der Waals surface area contributed by atoms with Crippen LogP contribution in [-0.4, -0.2) is 30.9 Å². The number of halogens is 2. The number of aromatic nitrogens is 1. The molecule has 0 aliphatic carbocycles. The molecule has 10 heteroatoms. The highest BCUT2D eigenvalue weighted by Crippen LogP contribution is 2.36. The fourth-order valence-electron chi connectivity index (χ4n) is 4.64. The maximum atomic E-state index is 14.2. The van der Waals surface area contributed by atoms with Gasteiger partial charge in [0.25, 0.3) is 5.56 Å². The zero-order valence-electron chi connectivity index (χ0n) is 22.6. The number of rotatable bonds is 8. The number of thiazole rings is 1. The van der Waals surface area contributed by atoms with Gasteiger partial charge >= 0.3 is 5.97 Å². The minimum absolute atomic E-state index is 0.0839. The summed E-state index contributed by atoms with van der Waals surface area (Å²) < 4.78 is 20.4. The lowest BCUT2D eigenvalue weighted by atomic mass is 9.93. The van der Waals surface area contributed by atoms with Gasteiger partial charge in [0.05, 0.1) is 39.1 Å². The summed E-state index contributed by atoms with van der Waals surface area (Å²) in [7, 11) is 1.58. The predicted octanol–water partition coefficient (Wildman–Crippen LogP) is 5.32. The first-order valence-corrected chi connectivity index (χ1v) is 15.5. The van der Waals surface area contributed by atoms with Crippen LogP contribution in [0.5, 0.6) is 11.5 Å². The van der Waals surface area contributed by atoms with Crippen LogP contribution in [0.25, 0.3) is 11.8 Å². The fraction of sp³-hybridized carbons (Fsp3) is 0.156. The lowest BCUT2D eigenvalue weighted by Crippen LogP contribution is -2.40. The third kappa shape index (κ3) is 5.95. The summed E-state index contributed by atoms with van der Waals surface area (Å²) in [6.07, 6.45) is 7.21. The van der Waals surface area contributed by atoms with E-state index in [4.69, 9.17) is 25.6 Å². The van der Waals surface area contributed by atoms with Crippen LogP contribution >= 0.6 is 49.9 Å². The Bertz CT molecular complexity index is 1910. The number of methoxy groups -OCH3 is 1. The average molecular weight is 755 g/mol. The largest absolute Gasteiger partial charge is 0.497 e. The molecule has 5 rings (SSSR count). The summed E-state index contributed by atoms with van der Waals surface area (Å²) in [5, 5.41) is 0. The first-order valence-electron chi connectivity index (χ1n) is 12.8. The van der Waals surface area contributed by atoms with Gasteiger partial charge in [-0.05, 0) is 65.4 Å². The van der Waals surface area contributed by atoms with Gasteiger partial charge in [0.2, 0.25) is 0 Å². The molecule has 1 atom stereocenters. The van der Waals surface area contributed by atoms with E-state index in [1.807, 2.05) is 54.6 Å². The summed E-state index contributed by atoms with van der Waals surface area (Å²) in [6.45, 7) is 2.00. The van der Waals surface area contributed by atoms with E-state index in [-0.39, 0.29) is 24.3 Å². The van der Waals surface area contributed by atoms with Crippen molar-refractivity contribution in [3.05, 3.63) is 117 Å². The Hall–Kier alpha value is -3.66. The number of fused-ring (bicyclic) bond motifs is 1. The predicted molar refractivity (Wildman–Crippen MR) is 175 cm³/mol. The zero-order valence-corrected chi connectivity index (χ0v) is 27.2. The Morgan fingerprint density at radius 2 is 1.93 bits per heavy atom. The monoisotopic (exact) mass is 754 g/mol. The molecule has 0 fully saturated rings. The number of hydrogen-bond acceptors (Lipinski definition) is 7. The molecule has 0 unspecified atom stereocenters. The van der Waals surface area contributed by atoms with Crippen molar-refractivity contribution in [1.82, 2.24) is 4.57 Å². The number of carbonyl (C=O) groups excluding carboxylic acids is 1. The number of esters is 1. The number of benzene rings is 3. The molecular formula is C32H24BrIN2O5S. The smallest absolute Gasteiger partial charge is 0.338 e. The van der Waals surface area contributed by atoms with E-state index in [0.717, 1.165) is 13.6 Å². The highest BCUT2D eigenvalue weighted by molar-refractivity contribution is 14.1. The van der Waals surface area contributed by atoms with Crippen LogP contribution in [-0.2, 0) is 9.53 Å². The van der Waals surface area contributed by atoms with Gasteiger partial charge in [-0.2, -0.15) is 0 Å². The molecule has 1 aliphatic rings. The molecule has 1 aromatic heterocycles. The topological polar surface area (TPSA) is 79.1 Å². The Morgan fingerprint density at radius 1 is 1.19 bits per heavy atom. The third-order valence-corrected chi connectivity index (χ3v) is 8.67. The number of ether oxygens (including phenoxy) is 3. The van der Waals surface area contributed by atoms with Crippen LogP contribution < -0.4 is 24.4 Å². The van der Waals surface area contributed by atoms with Crippen molar-refractivity contribution in [1.29, 1.82) is 0 Å². The lowest BCUT2D eigenvalue weighted by Gasteiger charge is -2.26. The number of nitrogens with zero attached hydrogens (tertiary/aromatic N) is 2. The molecule has 3 aromatic carbocycles. The molecule has 0 N–H and O–H groups in total. The maximum absolute atomic E-state index is 14.2. The number of carbonyl (C=O) groups is 1. The van der Waals surface area contributed by atoms with Gasteiger partial charge in [0.15, 0.2) is 4.80 Å². The highest BCUT2D eigenvalue weighted by atomic mass is 127. The van der Waals surface area contributed by atoms with Crippen molar-refractivity contribution >= 4 is 67.6 Å². The molecule has 0 bridgehead atoms. The summed E-state index contributed by atoms with van der Waals surface area (Å²) >= 11 is 6.95. The molecule has 0 saturated heterocycles. The molecule has 4 aromatic rings. The third-order valence-electron chi connectivity index (χ3n) is 6.43. The first kappa shape index (κ1) is 29.8. The fourth-order valence-corrected chi connectivity index (χ4v) is 7.33. The molecule has 7 nitrogen and oxygen atoms in total. The van der Waals surface area contributed by atoms with Crippen LogP contribution in [0.15, 0.2) is 86.6 Å². The molecule has 212 valence electrons. The van der Waals surface area contributed by atoms with Gasteiger partial charge in [0, 0.05) is 15.6 Å². The molecule has 0 amide bonds. The Balaban J connectivity index is 1.82. The lowest BCUT2D eigenvalue weighted by molar-refractivity contribution is -0.138. The van der Waals surface area contributed by atoms with Gasteiger partial charge in [-0.3, -0.25) is 9.36 Å². The summed E-state index contributed by atoms with van der Waals surface area (Å²) in [5.41, 5.74) is 2.57. The van der Waals surface area contributed by atoms with Gasteiger partial charge in [-0.1, -0.05) is 75.7 Å². The zero-order chi connectivity index (χ0) is 29.8. The average Bonchev–Trinajstić information content (AvgIpc) is 3.30. The van der Waals surface area contributed by atoms with Crippen molar-refractivity contribution in [2.75, 3.05) is 20.3 Å². The summed E-state index contributed by atoms with van der Waals surface area (Å²) in [4.78, 5) is 33.1. The molecule has 0 radical (unpaired) electrons. The Labute approximate surface area is 268 Å². The van der Waals surface area contributed by atoms with E-state index in [2.05, 4.69) is 44.4 Å². The minimum Gasteiger partial charge on any atom is -0.497 e. The van der Waals surface area contributed by atoms with Crippen LogP contribution in [0, 0.1) is 15.9 Å². The van der Waals surface area contributed by atoms with Crippen molar-refractivity contribution in [3.63, 3.8) is 0 Å². The van der Waals surface area contributed by atoms with Crippen LogP contribution in [0.3, 0.4) is 0 Å². The van der Waals surface area contributed by atoms with Gasteiger partial charge in [-0.25, -0.2) is 9.79 Å². The van der Waals surface area contributed by atoms with Crippen LogP contribution in [0.2, 0.25) is 0 Å². The Morgan fingerprint density at radius 3 is 2.60 bits per heavy atom. The van der Waals surface area contributed by atoms with E-state index >= 15 is 0 Å². The molecular weight excluding hydrogens is 731 g/mol. The molecule has 0 spiro atoms. The van der Waals surface area contributed by atoms with Gasteiger partial charge in [0.1, 0.15) is 18.1 Å². The van der Waals surface area contributed by atoms with Crippen molar-refractivity contribution < 1.29 is 19.0 Å². The summed E-state index contributed by atoms with van der Waals surface area (Å²) in [6, 6.07) is 19.7. The summed E-state index contributed by atoms with van der Waals surface area (Å²) in [5.74, 6) is 3.18. The van der Waals surface area contributed by atoms with E-state index in [1.165, 1.54) is 11.3 Å². The van der Waals surface area contributed by atoms with Crippen molar-refractivity contribution in [2.24, 2.45) is 4.99 Å². The molecule has 42 heavy (non-hydrogen) atoms. The van der Waals surface area contributed by atoms with Gasteiger partial charge in [-0.15, -0.1) is 6.42 Å². The maximum Gasteiger partial charge on any atom is 0.338 e. The second-order valence-electron chi connectivity index (χ2n) is 9.00. The molecule has 0 saturated carbocycles. The van der Waals surface area contributed by atoms with E-state index < -0.39 is 12.0 Å². The van der Waals surface area contributed by atoms with Crippen LogP contribution in [0.4, 0.5) is 0 Å². The van der Waals surface area contributed by atoms with Crippen molar-refractivity contribution in [2.45, 2.75) is 13.0 Å².